The number of benzene rings is 1. The minimum atomic E-state index is -4.71. The molecule has 40 heavy (non-hydrogen) atoms. The van der Waals surface area contributed by atoms with Crippen LogP contribution >= 0.6 is 0 Å². The highest BCUT2D eigenvalue weighted by molar-refractivity contribution is 5.96. The molecular weight excluding hydrogens is 551 g/mol. The maximum absolute atomic E-state index is 14.6. The second kappa shape index (κ2) is 13.4. The molecule has 2 aromatic rings. The van der Waals surface area contributed by atoms with Crippen molar-refractivity contribution < 1.29 is 50.6 Å². The molecule has 216 valence electrons. The Balaban J connectivity index is 1.43. The fraction of sp³-hybridized carbons (Fsp3) is 0.348. The number of hydrogen-bond donors (Lipinski definition) is 4. The van der Waals surface area contributed by atoms with Gasteiger partial charge in [-0.1, -0.05) is 0 Å². The monoisotopic (exact) mass is 574 g/mol. The Morgan fingerprint density at radius 2 is 1.82 bits per heavy atom. The van der Waals surface area contributed by atoms with Crippen LogP contribution in [-0.4, -0.2) is 80.6 Å². The van der Waals surface area contributed by atoms with E-state index >= 15 is 0 Å². The molecule has 4 N–H and O–H groups in total. The van der Waals surface area contributed by atoms with E-state index in [-0.39, 0.29) is 37.4 Å². The molecule has 0 spiro atoms. The number of pyridine rings is 1. The first-order chi connectivity index (χ1) is 18.9. The quantitative estimate of drug-likeness (QED) is 0.235. The third-order valence-electron chi connectivity index (χ3n) is 5.14. The molecule has 1 saturated heterocycles. The molecule has 17 heteroatoms. The normalized spacial score (nSPS) is 14.8. The molecule has 0 unspecified atom stereocenters. The van der Waals surface area contributed by atoms with Crippen LogP contribution in [-0.2, 0) is 14.3 Å². The van der Waals surface area contributed by atoms with Crippen molar-refractivity contribution in [2.24, 2.45) is 0 Å². The minimum Gasteiger partial charge on any atom is -0.442 e. The summed E-state index contributed by atoms with van der Waals surface area (Å²) < 4.78 is 74.4. The number of nitrogens with zero attached hydrogens (tertiary/aromatic N) is 2. The van der Waals surface area contributed by atoms with Crippen LogP contribution in [0.25, 0.3) is 0 Å². The average Bonchev–Trinajstić information content (AvgIpc) is 3.28. The number of alkyl halides is 3. The van der Waals surface area contributed by atoms with E-state index in [0.29, 0.717) is 0 Å². The van der Waals surface area contributed by atoms with Crippen molar-refractivity contribution >= 4 is 35.4 Å². The molecule has 12 nitrogen and oxygen atoms in total. The van der Waals surface area contributed by atoms with Crippen LogP contribution in [0.15, 0.2) is 36.7 Å². The van der Waals surface area contributed by atoms with Crippen LogP contribution in [0.1, 0.15) is 10.4 Å². The summed E-state index contributed by atoms with van der Waals surface area (Å²) in [5.74, 6) is -3.16. The Morgan fingerprint density at radius 3 is 2.48 bits per heavy atom. The topological polar surface area (TPSA) is 151 Å². The Bertz CT molecular complexity index is 1210. The Labute approximate surface area is 223 Å². The fourth-order valence-electron chi connectivity index (χ4n) is 3.33. The maximum Gasteiger partial charge on any atom is 0.422 e. The van der Waals surface area contributed by atoms with E-state index in [0.717, 1.165) is 17.0 Å². The number of ether oxygens (including phenoxy) is 2. The summed E-state index contributed by atoms with van der Waals surface area (Å²) in [6, 6.07) is 4.79. The predicted octanol–water partition coefficient (Wildman–Crippen LogP) is 1.93. The van der Waals surface area contributed by atoms with Crippen molar-refractivity contribution in [2.75, 3.05) is 49.5 Å². The molecule has 1 aliphatic heterocycles. The van der Waals surface area contributed by atoms with Gasteiger partial charge in [0.05, 0.1) is 30.9 Å². The summed E-state index contributed by atoms with van der Waals surface area (Å²) in [6.07, 6.45) is -5.29. The lowest BCUT2D eigenvalue weighted by molar-refractivity contribution is -0.160. The lowest BCUT2D eigenvalue weighted by Gasteiger charge is -2.16. The number of amides is 4. The standard InChI is InChI=1S/C23H23F5N6O6/c24-16-6-14(34-11-15(40-22(34)38)9-33-21(37)39-12-23(26,27)28)7-17(25)19(16)31-5-4-30-18(35)10-32-20(36)13-2-1-3-29-8-13/h1-3,6-8,15,31H,4-5,9-12H2,(H,30,35)(H,32,36)(H,33,37)/t15-/m0/s1. The smallest absolute Gasteiger partial charge is 0.422 e. The second-order valence-electron chi connectivity index (χ2n) is 8.17. The van der Waals surface area contributed by atoms with Gasteiger partial charge in [-0.15, -0.1) is 0 Å². The van der Waals surface area contributed by atoms with E-state index in [2.05, 4.69) is 25.7 Å². The highest BCUT2D eigenvalue weighted by atomic mass is 19.4. The zero-order valence-electron chi connectivity index (χ0n) is 20.5. The highest BCUT2D eigenvalue weighted by Crippen LogP contribution is 2.28. The molecule has 0 bridgehead atoms. The van der Waals surface area contributed by atoms with Gasteiger partial charge in [0.1, 0.15) is 11.8 Å². The molecule has 1 aromatic heterocycles. The van der Waals surface area contributed by atoms with Gasteiger partial charge in [0.25, 0.3) is 5.91 Å². The molecule has 1 atom stereocenters. The van der Waals surface area contributed by atoms with Crippen LogP contribution in [0.4, 0.5) is 42.9 Å². The summed E-state index contributed by atoms with van der Waals surface area (Å²) in [4.78, 5) is 51.9. The van der Waals surface area contributed by atoms with Crippen LogP contribution in [0.5, 0.6) is 0 Å². The van der Waals surface area contributed by atoms with Crippen molar-refractivity contribution in [1.29, 1.82) is 0 Å². The van der Waals surface area contributed by atoms with Gasteiger partial charge in [-0.2, -0.15) is 13.2 Å². The minimum absolute atomic E-state index is 0.0409. The van der Waals surface area contributed by atoms with E-state index in [4.69, 9.17) is 4.74 Å². The largest absolute Gasteiger partial charge is 0.442 e. The van der Waals surface area contributed by atoms with Crippen molar-refractivity contribution in [1.82, 2.24) is 20.9 Å². The third-order valence-corrected chi connectivity index (χ3v) is 5.14. The third kappa shape index (κ3) is 8.95. The first-order valence-corrected chi connectivity index (χ1v) is 11.6. The number of anilines is 2. The number of rotatable bonds is 11. The Hall–Kier alpha value is -4.70. The molecular formula is C23H23F5N6O6. The maximum atomic E-state index is 14.6. The number of carbonyl (C=O) groups is 4. The molecule has 0 saturated carbocycles. The van der Waals surface area contributed by atoms with E-state index in [1.165, 1.54) is 18.5 Å². The van der Waals surface area contributed by atoms with Crippen molar-refractivity contribution in [3.8, 4) is 0 Å². The van der Waals surface area contributed by atoms with Gasteiger partial charge >= 0.3 is 18.4 Å². The van der Waals surface area contributed by atoms with Gasteiger partial charge in [-0.3, -0.25) is 19.5 Å². The zero-order valence-corrected chi connectivity index (χ0v) is 20.5. The SMILES string of the molecule is O=C(CNC(=O)c1cccnc1)NCCNc1c(F)cc(N2C[C@H](CNC(=O)OCC(F)(F)F)OC2=O)cc1F. The molecule has 4 amide bonds. The number of nitrogens with one attached hydrogen (secondary N) is 4. The van der Waals surface area contributed by atoms with Crippen molar-refractivity contribution in [2.45, 2.75) is 12.3 Å². The van der Waals surface area contributed by atoms with Gasteiger partial charge < -0.3 is 30.7 Å². The summed E-state index contributed by atoms with van der Waals surface area (Å²) in [6.45, 7) is -2.91. The number of aromatic nitrogens is 1. The lowest BCUT2D eigenvalue weighted by atomic mass is 10.2. The molecule has 0 aliphatic carbocycles. The van der Waals surface area contributed by atoms with Crippen LogP contribution in [0.3, 0.4) is 0 Å². The number of halogens is 5. The molecule has 1 aliphatic rings. The van der Waals surface area contributed by atoms with E-state index < -0.39 is 66.8 Å². The van der Waals surface area contributed by atoms with E-state index in [1.807, 2.05) is 5.32 Å². The molecule has 0 radical (unpaired) electrons. The average molecular weight is 574 g/mol. The fourth-order valence-corrected chi connectivity index (χ4v) is 3.33. The molecule has 2 heterocycles. The Kier molecular flexibility index (Phi) is 9.99. The number of carbonyl (C=O) groups excluding carboxylic acids is 4. The first-order valence-electron chi connectivity index (χ1n) is 11.6. The first kappa shape index (κ1) is 29.9. The summed E-state index contributed by atoms with van der Waals surface area (Å²) in [7, 11) is 0. The van der Waals surface area contributed by atoms with E-state index in [9.17, 15) is 41.1 Å². The molecule has 1 fully saturated rings. The zero-order chi connectivity index (χ0) is 29.3. The van der Waals surface area contributed by atoms with E-state index in [1.54, 1.807) is 6.07 Å². The van der Waals surface area contributed by atoms with Gasteiger partial charge in [-0.05, 0) is 12.1 Å². The number of alkyl carbamates (subject to hydrolysis) is 1. The lowest BCUT2D eigenvalue weighted by Crippen LogP contribution is -2.38. The summed E-state index contributed by atoms with van der Waals surface area (Å²) in [5.41, 5.74) is -0.461. The number of cyclic esters (lactones) is 1. The van der Waals surface area contributed by atoms with Gasteiger partial charge in [-0.25, -0.2) is 18.4 Å². The molecule has 3 rings (SSSR count). The van der Waals surface area contributed by atoms with Crippen molar-refractivity contribution in [3.05, 3.63) is 53.9 Å². The highest BCUT2D eigenvalue weighted by Gasteiger charge is 2.34. The van der Waals surface area contributed by atoms with Crippen LogP contribution in [0.2, 0.25) is 0 Å². The molecule has 1 aromatic carbocycles. The van der Waals surface area contributed by atoms with Gasteiger partial charge in [0.2, 0.25) is 5.91 Å². The van der Waals surface area contributed by atoms with Crippen molar-refractivity contribution in [3.63, 3.8) is 0 Å². The van der Waals surface area contributed by atoms with Crippen LogP contribution in [0, 0.1) is 11.6 Å². The van der Waals surface area contributed by atoms with Crippen LogP contribution < -0.4 is 26.2 Å². The second-order valence-corrected chi connectivity index (χ2v) is 8.17. The Morgan fingerprint density at radius 1 is 1.10 bits per heavy atom. The number of hydrogen-bond acceptors (Lipinski definition) is 8. The van der Waals surface area contributed by atoms with Gasteiger partial charge in [0, 0.05) is 37.6 Å². The predicted molar refractivity (Wildman–Crippen MR) is 127 cm³/mol. The van der Waals surface area contributed by atoms with Gasteiger partial charge in [0.15, 0.2) is 18.2 Å². The summed E-state index contributed by atoms with van der Waals surface area (Å²) in [5, 5.41) is 9.34. The summed E-state index contributed by atoms with van der Waals surface area (Å²) >= 11 is 0.